The molecule has 0 radical (unpaired) electrons. The number of ether oxygens (including phenoxy) is 2. The number of pyridine rings is 1. The number of benzene rings is 2. The van der Waals surface area contributed by atoms with Crippen LogP contribution >= 0.6 is 0 Å². The maximum Gasteiger partial charge on any atom is 0.253 e. The van der Waals surface area contributed by atoms with Crippen molar-refractivity contribution in [3.63, 3.8) is 0 Å². The van der Waals surface area contributed by atoms with E-state index in [1.807, 2.05) is 0 Å². The van der Waals surface area contributed by atoms with Gasteiger partial charge in [0.05, 0.1) is 24.9 Å². The van der Waals surface area contributed by atoms with E-state index in [9.17, 15) is 17.8 Å². The van der Waals surface area contributed by atoms with Crippen molar-refractivity contribution in [1.82, 2.24) is 4.57 Å². The molecule has 7 nitrogen and oxygen atoms in total. The predicted octanol–water partition coefficient (Wildman–Crippen LogP) is 3.11. The van der Waals surface area contributed by atoms with Crippen LogP contribution in [0.2, 0.25) is 0 Å². The van der Waals surface area contributed by atoms with Gasteiger partial charge >= 0.3 is 0 Å². The van der Waals surface area contributed by atoms with Gasteiger partial charge in [0.25, 0.3) is 5.56 Å². The van der Waals surface area contributed by atoms with Gasteiger partial charge < -0.3 is 19.5 Å². The highest BCUT2D eigenvalue weighted by molar-refractivity contribution is 7.85. The first-order valence-electron chi connectivity index (χ1n) is 9.89. The molecule has 1 fully saturated rings. The average molecular weight is 479 g/mol. The van der Waals surface area contributed by atoms with Crippen LogP contribution in [0.4, 0.5) is 14.5 Å². The third-order valence-corrected chi connectivity index (χ3v) is 6.30. The van der Waals surface area contributed by atoms with Crippen molar-refractivity contribution in [1.29, 1.82) is 0 Å². The number of hydrogen-bond donors (Lipinski definition) is 0. The van der Waals surface area contributed by atoms with E-state index in [4.69, 9.17) is 9.47 Å². The van der Waals surface area contributed by atoms with Gasteiger partial charge in [-0.3, -0.25) is 9.10 Å². The largest absolute Gasteiger partial charge is 0.454 e. The topological polar surface area (TPSA) is 92.3 Å². The second kappa shape index (κ2) is 9.82. The fourth-order valence-corrected chi connectivity index (χ4v) is 4.55. The molecule has 1 aliphatic heterocycles. The van der Waals surface area contributed by atoms with E-state index in [0.29, 0.717) is 41.3 Å². The molecule has 2 heterocycles. The van der Waals surface area contributed by atoms with Crippen LogP contribution in [-0.2, 0) is 22.8 Å². The molecule has 0 spiro atoms. The monoisotopic (exact) mass is 478 g/mol. The van der Waals surface area contributed by atoms with E-state index < -0.39 is 22.6 Å². The van der Waals surface area contributed by atoms with Gasteiger partial charge in [-0.1, -0.05) is 0 Å². The summed E-state index contributed by atoms with van der Waals surface area (Å²) in [6, 6.07) is 9.93. The SMILES string of the molecule is Cc1cc(-c2cc(N(C3COC3)S(C)=O)ccc2Oc2ccc(F)cc2F)cn(C)c1=O.O. The minimum atomic E-state index is -1.31. The quantitative estimate of drug-likeness (QED) is 0.544. The normalized spacial score (nSPS) is 14.2. The maximum absolute atomic E-state index is 14.3. The summed E-state index contributed by atoms with van der Waals surface area (Å²) in [5, 5.41) is 0. The summed E-state index contributed by atoms with van der Waals surface area (Å²) < 4.78 is 54.3. The number of rotatable bonds is 6. The summed E-state index contributed by atoms with van der Waals surface area (Å²) in [5.74, 6) is -1.36. The molecule has 2 N–H and O–H groups in total. The fraction of sp³-hybridized carbons (Fsp3) is 0.261. The molecule has 33 heavy (non-hydrogen) atoms. The van der Waals surface area contributed by atoms with Gasteiger partial charge in [-0.2, -0.15) is 0 Å². The first kappa shape index (κ1) is 24.6. The highest BCUT2D eigenvalue weighted by Gasteiger charge is 2.29. The molecule has 176 valence electrons. The summed E-state index contributed by atoms with van der Waals surface area (Å²) in [4.78, 5) is 12.2. The lowest BCUT2D eigenvalue weighted by Gasteiger charge is -2.37. The summed E-state index contributed by atoms with van der Waals surface area (Å²) in [6.07, 6.45) is 3.24. The van der Waals surface area contributed by atoms with Crippen molar-refractivity contribution < 1.29 is 27.9 Å². The zero-order chi connectivity index (χ0) is 23.0. The molecular weight excluding hydrogens is 454 g/mol. The molecule has 1 aliphatic rings. The first-order chi connectivity index (χ1) is 15.2. The summed E-state index contributed by atoms with van der Waals surface area (Å²) >= 11 is 0. The summed E-state index contributed by atoms with van der Waals surface area (Å²) in [7, 11) is 0.335. The van der Waals surface area contributed by atoms with Crippen LogP contribution in [0.3, 0.4) is 0 Å². The average Bonchev–Trinajstić information content (AvgIpc) is 2.70. The number of aromatic nitrogens is 1. The lowest BCUT2D eigenvalue weighted by molar-refractivity contribution is 0.0149. The number of hydrogen-bond acceptors (Lipinski definition) is 4. The van der Waals surface area contributed by atoms with Crippen molar-refractivity contribution in [3.05, 3.63) is 76.2 Å². The maximum atomic E-state index is 14.3. The van der Waals surface area contributed by atoms with Crippen LogP contribution in [0.25, 0.3) is 11.1 Å². The highest BCUT2D eigenvalue weighted by Crippen LogP contribution is 2.38. The van der Waals surface area contributed by atoms with Crippen molar-refractivity contribution in [2.45, 2.75) is 13.0 Å². The Kier molecular flexibility index (Phi) is 7.31. The summed E-state index contributed by atoms with van der Waals surface area (Å²) in [5.41, 5.74) is 2.29. The Bertz CT molecular complexity index is 1230. The van der Waals surface area contributed by atoms with Gasteiger partial charge in [0.1, 0.15) is 22.6 Å². The van der Waals surface area contributed by atoms with E-state index in [1.54, 1.807) is 55.0 Å². The Balaban J connectivity index is 0.00000306. The molecule has 2 aromatic carbocycles. The third-order valence-electron chi connectivity index (χ3n) is 5.23. The number of halogens is 2. The lowest BCUT2D eigenvalue weighted by Crippen LogP contribution is -2.49. The molecule has 0 amide bonds. The van der Waals surface area contributed by atoms with Crippen molar-refractivity contribution in [2.75, 3.05) is 23.8 Å². The Morgan fingerprint density at radius 3 is 2.39 bits per heavy atom. The van der Waals surface area contributed by atoms with Gasteiger partial charge in [-0.05, 0) is 43.3 Å². The van der Waals surface area contributed by atoms with Crippen molar-refractivity contribution in [2.24, 2.45) is 7.05 Å². The van der Waals surface area contributed by atoms with E-state index in [2.05, 4.69) is 0 Å². The smallest absolute Gasteiger partial charge is 0.253 e. The first-order valence-corrected chi connectivity index (χ1v) is 11.4. The molecule has 3 aromatic rings. The third kappa shape index (κ3) is 4.97. The van der Waals surface area contributed by atoms with Crippen LogP contribution in [0.1, 0.15) is 5.56 Å². The zero-order valence-corrected chi connectivity index (χ0v) is 19.1. The highest BCUT2D eigenvalue weighted by atomic mass is 32.2. The Morgan fingerprint density at radius 1 is 1.12 bits per heavy atom. The van der Waals surface area contributed by atoms with E-state index in [1.165, 1.54) is 10.6 Å². The molecule has 1 aromatic heterocycles. The Labute approximate surface area is 192 Å². The minimum absolute atomic E-state index is 0. The van der Waals surface area contributed by atoms with Crippen LogP contribution < -0.4 is 14.6 Å². The molecule has 0 aliphatic carbocycles. The Morgan fingerprint density at radius 2 is 1.82 bits per heavy atom. The molecule has 10 heteroatoms. The van der Waals surface area contributed by atoms with Crippen LogP contribution in [-0.4, -0.2) is 39.8 Å². The van der Waals surface area contributed by atoms with Gasteiger partial charge in [-0.15, -0.1) is 0 Å². The molecule has 1 saturated heterocycles. The second-order valence-electron chi connectivity index (χ2n) is 7.63. The fourth-order valence-electron chi connectivity index (χ4n) is 3.60. The van der Waals surface area contributed by atoms with Crippen LogP contribution in [0.5, 0.6) is 11.5 Å². The second-order valence-corrected chi connectivity index (χ2v) is 8.87. The van der Waals surface area contributed by atoms with Crippen molar-refractivity contribution in [3.8, 4) is 22.6 Å². The van der Waals surface area contributed by atoms with E-state index in [-0.39, 0.29) is 22.8 Å². The molecule has 1 unspecified atom stereocenters. The lowest BCUT2D eigenvalue weighted by atomic mass is 10.0. The standard InChI is InChI=1S/C23H22F2N2O4S.H2O/c1-14-8-15(11-26(2)23(14)28)19-10-17(27(32(3)29)18-12-30-13-18)5-7-21(19)31-22-6-4-16(24)9-20(22)25;/h4-11,18H,12-13H2,1-3H3;1H2. The number of anilines is 1. The molecule has 4 rings (SSSR count). The number of nitrogens with zero attached hydrogens (tertiary/aromatic N) is 2. The molecule has 0 saturated carbocycles. The predicted molar refractivity (Wildman–Crippen MR) is 123 cm³/mol. The molecule has 0 bridgehead atoms. The molecular formula is C23H24F2N2O5S. The van der Waals surface area contributed by atoms with Gasteiger partial charge in [-0.25, -0.2) is 13.0 Å². The van der Waals surface area contributed by atoms with Crippen molar-refractivity contribution >= 4 is 16.7 Å². The minimum Gasteiger partial charge on any atom is -0.454 e. The van der Waals surface area contributed by atoms with Crippen LogP contribution in [0.15, 0.2) is 53.5 Å². The van der Waals surface area contributed by atoms with Gasteiger partial charge in [0.15, 0.2) is 11.6 Å². The summed E-state index contributed by atoms with van der Waals surface area (Å²) in [6.45, 7) is 2.63. The molecule has 1 atom stereocenters. The van der Waals surface area contributed by atoms with Gasteiger partial charge in [0, 0.05) is 42.3 Å². The Hall–Kier alpha value is -3.08. The van der Waals surface area contributed by atoms with E-state index >= 15 is 0 Å². The number of aryl methyl sites for hydroxylation is 2. The zero-order valence-electron chi connectivity index (χ0n) is 18.3. The van der Waals surface area contributed by atoms with Crippen LogP contribution in [0, 0.1) is 18.6 Å². The van der Waals surface area contributed by atoms with Gasteiger partial charge in [0.2, 0.25) is 0 Å². The van der Waals surface area contributed by atoms with E-state index in [0.717, 1.165) is 12.1 Å².